The van der Waals surface area contributed by atoms with Gasteiger partial charge in [0, 0.05) is 14.1 Å². The first-order valence-electron chi connectivity index (χ1n) is 5.89. The molecule has 0 unspecified atom stereocenters. The number of benzene rings is 1. The molecule has 0 saturated heterocycles. The Morgan fingerprint density at radius 2 is 2.17 bits per heavy atom. The molecule has 2 amide bonds. The van der Waals surface area contributed by atoms with Crippen molar-refractivity contribution < 1.29 is 4.79 Å². The average Bonchev–Trinajstić information content (AvgIpc) is 2.79. The van der Waals surface area contributed by atoms with Crippen LogP contribution in [0.4, 0.5) is 9.93 Å². The largest absolute Gasteiger partial charge is 0.341 e. The van der Waals surface area contributed by atoms with Crippen LogP contribution < -0.4 is 10.2 Å². The summed E-state index contributed by atoms with van der Waals surface area (Å²) >= 11 is 1.52. The lowest BCUT2D eigenvalue weighted by atomic mass is 10.0. The molecule has 2 rings (SSSR count). The highest BCUT2D eigenvalue weighted by molar-refractivity contribution is 7.22. The van der Waals surface area contributed by atoms with Gasteiger partial charge in [0.1, 0.15) is 0 Å². The minimum absolute atomic E-state index is 0.155. The van der Waals surface area contributed by atoms with Crippen LogP contribution in [0.15, 0.2) is 18.2 Å². The Kier molecular flexibility index (Phi) is 3.52. The maximum Gasteiger partial charge on any atom is 0.323 e. The van der Waals surface area contributed by atoms with E-state index in [-0.39, 0.29) is 6.03 Å². The number of aromatic nitrogens is 1. The van der Waals surface area contributed by atoms with Crippen LogP contribution in [0.5, 0.6) is 0 Å². The molecule has 0 spiro atoms. The summed E-state index contributed by atoms with van der Waals surface area (Å²) in [5, 5.41) is 3.30. The number of hydrogen-bond donors (Lipinski definition) is 1. The Labute approximate surface area is 111 Å². The molecule has 0 atom stereocenters. The first-order chi connectivity index (χ1) is 8.52. The summed E-state index contributed by atoms with van der Waals surface area (Å²) in [6.07, 6.45) is 0. The van der Waals surface area contributed by atoms with Gasteiger partial charge in [0.05, 0.1) is 10.2 Å². The van der Waals surface area contributed by atoms with E-state index in [9.17, 15) is 4.79 Å². The molecule has 18 heavy (non-hydrogen) atoms. The molecule has 0 bridgehead atoms. The van der Waals surface area contributed by atoms with Gasteiger partial charge in [-0.05, 0) is 23.6 Å². The number of nitrogens with one attached hydrogen (secondary N) is 1. The molecule has 0 aliphatic carbocycles. The van der Waals surface area contributed by atoms with Gasteiger partial charge in [-0.15, -0.1) is 0 Å². The molecule has 2 aromatic rings. The fourth-order valence-corrected chi connectivity index (χ4v) is 2.60. The third-order valence-electron chi connectivity index (χ3n) is 2.87. The standard InChI is InChI=1S/C13H17N3OS/c1-8(2)9-5-6-11-10(7-9)15-13(18-11)16(4)12(17)14-3/h5-8H,1-4H3,(H,14,17). The smallest absolute Gasteiger partial charge is 0.323 e. The van der Waals surface area contributed by atoms with Crippen molar-refractivity contribution in [2.24, 2.45) is 0 Å². The van der Waals surface area contributed by atoms with Crippen molar-refractivity contribution in [3.05, 3.63) is 23.8 Å². The number of anilines is 1. The molecule has 1 N–H and O–H groups in total. The van der Waals surface area contributed by atoms with Gasteiger partial charge in [0.2, 0.25) is 0 Å². The number of nitrogens with zero attached hydrogens (tertiary/aromatic N) is 2. The maximum absolute atomic E-state index is 11.5. The molecular formula is C13H17N3OS. The van der Waals surface area contributed by atoms with E-state index in [4.69, 9.17) is 0 Å². The van der Waals surface area contributed by atoms with Gasteiger partial charge in [0.25, 0.3) is 0 Å². The van der Waals surface area contributed by atoms with Crippen molar-refractivity contribution in [2.45, 2.75) is 19.8 Å². The van der Waals surface area contributed by atoms with Crippen molar-refractivity contribution in [3.8, 4) is 0 Å². The fraction of sp³-hybridized carbons (Fsp3) is 0.385. The minimum Gasteiger partial charge on any atom is -0.341 e. The predicted molar refractivity (Wildman–Crippen MR) is 76.6 cm³/mol. The summed E-state index contributed by atoms with van der Waals surface area (Å²) in [4.78, 5) is 17.6. The van der Waals surface area contributed by atoms with E-state index in [0.717, 1.165) is 10.2 Å². The Morgan fingerprint density at radius 1 is 1.44 bits per heavy atom. The van der Waals surface area contributed by atoms with E-state index in [1.807, 2.05) is 0 Å². The van der Waals surface area contributed by atoms with Gasteiger partial charge in [0.15, 0.2) is 5.13 Å². The summed E-state index contributed by atoms with van der Waals surface area (Å²) in [6, 6.07) is 6.13. The molecule has 0 aliphatic heterocycles. The Morgan fingerprint density at radius 3 is 2.78 bits per heavy atom. The Balaban J connectivity index is 2.41. The van der Waals surface area contributed by atoms with Crippen molar-refractivity contribution in [2.75, 3.05) is 19.0 Å². The molecule has 0 fully saturated rings. The number of urea groups is 1. The summed E-state index contributed by atoms with van der Waals surface area (Å²) in [7, 11) is 3.34. The van der Waals surface area contributed by atoms with Crippen LogP contribution in [-0.2, 0) is 0 Å². The number of thiazole rings is 1. The highest BCUT2D eigenvalue weighted by atomic mass is 32.1. The monoisotopic (exact) mass is 263 g/mol. The van der Waals surface area contributed by atoms with Crippen LogP contribution in [0.2, 0.25) is 0 Å². The van der Waals surface area contributed by atoms with Gasteiger partial charge in [-0.2, -0.15) is 0 Å². The van der Waals surface area contributed by atoms with Crippen molar-refractivity contribution >= 4 is 32.7 Å². The quantitative estimate of drug-likeness (QED) is 0.904. The second-order valence-electron chi connectivity index (χ2n) is 4.49. The number of rotatable bonds is 2. The van der Waals surface area contributed by atoms with E-state index in [1.54, 1.807) is 14.1 Å². The molecular weight excluding hydrogens is 246 g/mol. The van der Waals surface area contributed by atoms with Crippen LogP contribution >= 0.6 is 11.3 Å². The van der Waals surface area contributed by atoms with Crippen molar-refractivity contribution in [3.63, 3.8) is 0 Å². The van der Waals surface area contributed by atoms with E-state index < -0.39 is 0 Å². The normalized spacial score (nSPS) is 10.9. The van der Waals surface area contributed by atoms with Crippen LogP contribution in [0.3, 0.4) is 0 Å². The Bertz CT molecular complexity index is 577. The average molecular weight is 263 g/mol. The second kappa shape index (κ2) is 4.94. The summed E-state index contributed by atoms with van der Waals surface area (Å²) in [5.74, 6) is 0.483. The molecule has 1 heterocycles. The number of amides is 2. The molecule has 1 aromatic carbocycles. The number of carbonyl (C=O) groups is 1. The first kappa shape index (κ1) is 12.8. The second-order valence-corrected chi connectivity index (χ2v) is 5.50. The minimum atomic E-state index is -0.155. The van der Waals surface area contributed by atoms with E-state index >= 15 is 0 Å². The number of fused-ring (bicyclic) bond motifs is 1. The van der Waals surface area contributed by atoms with Gasteiger partial charge in [-0.1, -0.05) is 31.3 Å². The van der Waals surface area contributed by atoms with Gasteiger partial charge < -0.3 is 5.32 Å². The zero-order valence-electron chi connectivity index (χ0n) is 11.0. The summed E-state index contributed by atoms with van der Waals surface area (Å²) in [6.45, 7) is 4.32. The van der Waals surface area contributed by atoms with Crippen LogP contribution in [0.25, 0.3) is 10.2 Å². The van der Waals surface area contributed by atoms with E-state index in [1.165, 1.54) is 21.8 Å². The molecule has 4 nitrogen and oxygen atoms in total. The summed E-state index contributed by atoms with van der Waals surface area (Å²) < 4.78 is 1.10. The zero-order valence-corrected chi connectivity index (χ0v) is 11.8. The lowest BCUT2D eigenvalue weighted by molar-refractivity contribution is 0.249. The lowest BCUT2D eigenvalue weighted by Gasteiger charge is -2.11. The molecule has 0 aliphatic rings. The highest BCUT2D eigenvalue weighted by Gasteiger charge is 2.14. The van der Waals surface area contributed by atoms with Crippen LogP contribution in [0, 0.1) is 0 Å². The van der Waals surface area contributed by atoms with E-state index in [2.05, 4.69) is 42.3 Å². The number of hydrogen-bond acceptors (Lipinski definition) is 3. The van der Waals surface area contributed by atoms with Crippen LogP contribution in [0.1, 0.15) is 25.3 Å². The first-order valence-corrected chi connectivity index (χ1v) is 6.70. The topological polar surface area (TPSA) is 45.2 Å². The van der Waals surface area contributed by atoms with Crippen LogP contribution in [-0.4, -0.2) is 25.1 Å². The third kappa shape index (κ3) is 2.31. The van der Waals surface area contributed by atoms with Gasteiger partial charge in [-0.3, -0.25) is 4.90 Å². The summed E-state index contributed by atoms with van der Waals surface area (Å²) in [5.41, 5.74) is 2.22. The van der Waals surface area contributed by atoms with Gasteiger partial charge in [-0.25, -0.2) is 9.78 Å². The highest BCUT2D eigenvalue weighted by Crippen LogP contribution is 2.30. The predicted octanol–water partition coefficient (Wildman–Crippen LogP) is 3.20. The third-order valence-corrected chi connectivity index (χ3v) is 3.99. The molecule has 0 radical (unpaired) electrons. The zero-order chi connectivity index (χ0) is 13.3. The fourth-order valence-electron chi connectivity index (χ4n) is 1.69. The molecule has 1 aromatic heterocycles. The van der Waals surface area contributed by atoms with E-state index in [0.29, 0.717) is 11.0 Å². The number of carbonyl (C=O) groups excluding carboxylic acids is 1. The lowest BCUT2D eigenvalue weighted by Crippen LogP contribution is -2.34. The Hall–Kier alpha value is -1.62. The maximum atomic E-state index is 11.5. The molecule has 5 heteroatoms. The SMILES string of the molecule is CNC(=O)N(C)c1nc2cc(C(C)C)ccc2s1. The molecule has 96 valence electrons. The molecule has 0 saturated carbocycles. The van der Waals surface area contributed by atoms with Crippen molar-refractivity contribution in [1.82, 2.24) is 10.3 Å². The van der Waals surface area contributed by atoms with Crippen molar-refractivity contribution in [1.29, 1.82) is 0 Å². The van der Waals surface area contributed by atoms with Gasteiger partial charge >= 0.3 is 6.03 Å².